The lowest BCUT2D eigenvalue weighted by Crippen LogP contribution is -2.42. The van der Waals surface area contributed by atoms with Crippen LogP contribution in [0.1, 0.15) is 41.6 Å². The van der Waals surface area contributed by atoms with E-state index in [1.165, 1.54) is 4.31 Å². The van der Waals surface area contributed by atoms with E-state index < -0.39 is 10.0 Å². The number of rotatable bonds is 9. The van der Waals surface area contributed by atoms with Gasteiger partial charge in [0.05, 0.1) is 23.7 Å². The number of anilines is 1. The van der Waals surface area contributed by atoms with Crippen LogP contribution in [-0.2, 0) is 14.8 Å². The van der Waals surface area contributed by atoms with Gasteiger partial charge in [0, 0.05) is 0 Å². The number of methoxy groups -OCH3 is 1. The molecule has 3 aromatic rings. The van der Waals surface area contributed by atoms with E-state index in [0.717, 1.165) is 28.0 Å². The van der Waals surface area contributed by atoms with Crippen LogP contribution in [0.15, 0.2) is 71.6 Å². The largest absolute Gasteiger partial charge is 0.496 e. The van der Waals surface area contributed by atoms with Gasteiger partial charge in [-0.25, -0.2) is 8.42 Å². The molecule has 6 nitrogen and oxygen atoms in total. The molecule has 1 N–H and O–H groups in total. The van der Waals surface area contributed by atoms with Gasteiger partial charge in [-0.3, -0.25) is 9.10 Å². The highest BCUT2D eigenvalue weighted by Gasteiger charge is 2.29. The van der Waals surface area contributed by atoms with E-state index in [1.807, 2.05) is 58.0 Å². The molecular formula is C27H32N2O4S. The Labute approximate surface area is 202 Å². The summed E-state index contributed by atoms with van der Waals surface area (Å²) in [5.41, 5.74) is 4.12. The Morgan fingerprint density at radius 3 is 2.24 bits per heavy atom. The third-order valence-corrected chi connectivity index (χ3v) is 7.62. The number of carbonyl (C=O) groups is 1. The van der Waals surface area contributed by atoms with Crippen molar-refractivity contribution in [3.05, 3.63) is 89.0 Å². The molecule has 0 saturated heterocycles. The van der Waals surface area contributed by atoms with Gasteiger partial charge in [-0.15, -0.1) is 0 Å². The van der Waals surface area contributed by atoms with Crippen molar-refractivity contribution >= 4 is 21.6 Å². The van der Waals surface area contributed by atoms with Gasteiger partial charge in [-0.1, -0.05) is 55.0 Å². The molecule has 3 rings (SSSR count). The maximum Gasteiger partial charge on any atom is 0.264 e. The summed E-state index contributed by atoms with van der Waals surface area (Å²) in [6, 6.07) is 19.3. The van der Waals surface area contributed by atoms with E-state index in [4.69, 9.17) is 4.74 Å². The highest BCUT2D eigenvalue weighted by Crippen LogP contribution is 2.28. The molecule has 0 aliphatic heterocycles. The van der Waals surface area contributed by atoms with Crippen LogP contribution >= 0.6 is 0 Å². The topological polar surface area (TPSA) is 75.7 Å². The number of sulfonamides is 1. The number of benzene rings is 3. The van der Waals surface area contributed by atoms with Gasteiger partial charge in [0.25, 0.3) is 10.0 Å². The zero-order valence-corrected chi connectivity index (χ0v) is 21.1. The Hall–Kier alpha value is -3.32. The van der Waals surface area contributed by atoms with Crippen molar-refractivity contribution < 1.29 is 17.9 Å². The van der Waals surface area contributed by atoms with E-state index in [-0.39, 0.29) is 23.4 Å². The van der Waals surface area contributed by atoms with Crippen molar-refractivity contribution in [2.45, 2.75) is 45.1 Å². The number of ether oxygens (including phenoxy) is 1. The van der Waals surface area contributed by atoms with Crippen LogP contribution in [0.5, 0.6) is 5.75 Å². The van der Waals surface area contributed by atoms with Gasteiger partial charge in [0.2, 0.25) is 5.91 Å². The summed E-state index contributed by atoms with van der Waals surface area (Å²) in [6.45, 7) is 7.33. The Kier molecular flexibility index (Phi) is 7.99. The number of aryl methyl sites for hydroxylation is 3. The molecule has 0 unspecified atom stereocenters. The molecule has 0 bridgehead atoms. The second-order valence-electron chi connectivity index (χ2n) is 8.37. The molecular weight excluding hydrogens is 448 g/mol. The number of nitrogens with one attached hydrogen (secondary N) is 1. The predicted octanol–water partition coefficient (Wildman–Crippen LogP) is 5.08. The fourth-order valence-electron chi connectivity index (χ4n) is 3.89. The third kappa shape index (κ3) is 5.59. The van der Waals surface area contributed by atoms with Crippen LogP contribution in [0, 0.1) is 20.8 Å². The van der Waals surface area contributed by atoms with Gasteiger partial charge in [0.1, 0.15) is 12.3 Å². The van der Waals surface area contributed by atoms with E-state index in [0.29, 0.717) is 12.1 Å². The molecule has 1 amide bonds. The summed E-state index contributed by atoms with van der Waals surface area (Å²) in [7, 11) is -2.33. The van der Waals surface area contributed by atoms with Gasteiger partial charge < -0.3 is 10.1 Å². The monoisotopic (exact) mass is 480 g/mol. The second-order valence-corrected chi connectivity index (χ2v) is 10.2. The number of nitrogens with zero attached hydrogens (tertiary/aromatic N) is 1. The maximum absolute atomic E-state index is 13.6. The van der Waals surface area contributed by atoms with Crippen molar-refractivity contribution in [2.75, 3.05) is 18.0 Å². The highest BCUT2D eigenvalue weighted by molar-refractivity contribution is 7.92. The first-order chi connectivity index (χ1) is 16.2. The van der Waals surface area contributed by atoms with Gasteiger partial charge in [0.15, 0.2) is 0 Å². The lowest BCUT2D eigenvalue weighted by molar-refractivity contribution is -0.120. The summed E-state index contributed by atoms with van der Waals surface area (Å²) < 4.78 is 33.7. The van der Waals surface area contributed by atoms with Crippen LogP contribution in [-0.4, -0.2) is 28.0 Å². The highest BCUT2D eigenvalue weighted by atomic mass is 32.2. The van der Waals surface area contributed by atoms with E-state index in [2.05, 4.69) is 5.32 Å². The zero-order chi connectivity index (χ0) is 24.9. The van der Waals surface area contributed by atoms with Crippen LogP contribution < -0.4 is 14.4 Å². The average molecular weight is 481 g/mol. The molecule has 0 aliphatic rings. The molecule has 0 radical (unpaired) electrons. The maximum atomic E-state index is 13.6. The van der Waals surface area contributed by atoms with Crippen molar-refractivity contribution in [2.24, 2.45) is 0 Å². The predicted molar refractivity (Wildman–Crippen MR) is 136 cm³/mol. The minimum atomic E-state index is -3.96. The Bertz CT molecular complexity index is 1250. The second kappa shape index (κ2) is 10.7. The molecule has 7 heteroatoms. The normalized spacial score (nSPS) is 12.1. The van der Waals surface area contributed by atoms with Gasteiger partial charge in [-0.2, -0.15) is 0 Å². The Morgan fingerprint density at radius 1 is 0.971 bits per heavy atom. The zero-order valence-electron chi connectivity index (χ0n) is 20.3. The smallest absolute Gasteiger partial charge is 0.264 e. The summed E-state index contributed by atoms with van der Waals surface area (Å²) >= 11 is 0. The molecule has 0 spiro atoms. The van der Waals surface area contributed by atoms with E-state index >= 15 is 0 Å². The van der Waals surface area contributed by atoms with Crippen LogP contribution in [0.25, 0.3) is 0 Å². The average Bonchev–Trinajstić information content (AvgIpc) is 2.81. The lowest BCUT2D eigenvalue weighted by Gasteiger charge is -2.27. The molecule has 1 atom stereocenters. The molecule has 0 aromatic heterocycles. The Morgan fingerprint density at radius 2 is 1.65 bits per heavy atom. The number of carbonyl (C=O) groups excluding carboxylic acids is 1. The summed E-state index contributed by atoms with van der Waals surface area (Å²) in [6.07, 6.45) is 0.659. The van der Waals surface area contributed by atoms with E-state index in [9.17, 15) is 13.2 Å². The third-order valence-electron chi connectivity index (χ3n) is 5.85. The van der Waals surface area contributed by atoms with Crippen LogP contribution in [0.3, 0.4) is 0 Å². The molecule has 3 aromatic carbocycles. The lowest BCUT2D eigenvalue weighted by atomic mass is 10.0. The molecule has 0 fully saturated rings. The van der Waals surface area contributed by atoms with Crippen molar-refractivity contribution in [3.8, 4) is 5.75 Å². The minimum absolute atomic E-state index is 0.145. The summed E-state index contributed by atoms with van der Waals surface area (Å²) in [5, 5.41) is 3.01. The van der Waals surface area contributed by atoms with Crippen molar-refractivity contribution in [3.63, 3.8) is 0 Å². The molecule has 0 aliphatic carbocycles. The summed E-state index contributed by atoms with van der Waals surface area (Å²) in [5.74, 6) is 0.402. The van der Waals surface area contributed by atoms with Crippen LogP contribution in [0.4, 0.5) is 5.69 Å². The number of hydrogen-bond acceptors (Lipinski definition) is 4. The van der Waals surface area contributed by atoms with Crippen molar-refractivity contribution in [1.29, 1.82) is 0 Å². The number of para-hydroxylation sites is 1. The fraction of sp³-hybridized carbons (Fsp3) is 0.296. The first kappa shape index (κ1) is 25.3. The van der Waals surface area contributed by atoms with E-state index in [1.54, 1.807) is 43.5 Å². The number of amides is 1. The van der Waals surface area contributed by atoms with Crippen molar-refractivity contribution in [1.82, 2.24) is 5.32 Å². The SMILES string of the molecule is CC[C@H](NC(=O)CN(c1ccccc1C)S(=O)(=O)c1ccc(C)cc1)c1ccc(OC)c(C)c1. The Balaban J connectivity index is 1.91. The van der Waals surface area contributed by atoms with Crippen LogP contribution in [0.2, 0.25) is 0 Å². The standard InChI is InChI=1S/C27H32N2O4S/c1-6-24(22-13-16-26(33-5)21(4)17-22)28-27(30)18-29(25-10-8-7-9-20(25)3)34(31,32)23-14-11-19(2)12-15-23/h7-17,24H,6,18H2,1-5H3,(H,28,30)/t24-/m0/s1. The fourth-order valence-corrected chi connectivity index (χ4v) is 5.38. The summed E-state index contributed by atoms with van der Waals surface area (Å²) in [4.78, 5) is 13.3. The molecule has 0 heterocycles. The molecule has 0 saturated carbocycles. The minimum Gasteiger partial charge on any atom is -0.496 e. The van der Waals surface area contributed by atoms with Gasteiger partial charge >= 0.3 is 0 Å². The molecule has 180 valence electrons. The quantitative estimate of drug-likeness (QED) is 0.463. The first-order valence-corrected chi connectivity index (χ1v) is 12.7. The first-order valence-electron chi connectivity index (χ1n) is 11.3. The number of hydrogen-bond donors (Lipinski definition) is 1. The molecule has 34 heavy (non-hydrogen) atoms. The van der Waals surface area contributed by atoms with Gasteiger partial charge in [-0.05, 0) is 68.1 Å².